The summed E-state index contributed by atoms with van der Waals surface area (Å²) in [4.78, 5) is 26.4. The summed E-state index contributed by atoms with van der Waals surface area (Å²) in [6, 6.07) is 5.30. The molecule has 1 fully saturated rings. The van der Waals surface area contributed by atoms with Crippen molar-refractivity contribution in [3.8, 4) is 0 Å². The Kier molecular flexibility index (Phi) is 6.02. The summed E-state index contributed by atoms with van der Waals surface area (Å²) in [5, 5.41) is 6.54. The van der Waals surface area contributed by atoms with E-state index in [-0.39, 0.29) is 23.8 Å². The summed E-state index contributed by atoms with van der Waals surface area (Å²) in [5.41, 5.74) is 1.04. The molecule has 1 heterocycles. The van der Waals surface area contributed by atoms with Crippen LogP contribution in [0, 0.1) is 5.92 Å². The van der Waals surface area contributed by atoms with Gasteiger partial charge < -0.3 is 15.5 Å². The van der Waals surface area contributed by atoms with Crippen molar-refractivity contribution in [2.45, 2.75) is 33.2 Å². The Balaban J connectivity index is 2.13. The fraction of sp³-hybridized carbons (Fsp3) is 0.529. The molecule has 0 radical (unpaired) electrons. The van der Waals surface area contributed by atoms with Gasteiger partial charge in [0.1, 0.15) is 0 Å². The number of nitrogens with zero attached hydrogens (tertiary/aromatic N) is 1. The molecule has 2 rings (SSSR count). The van der Waals surface area contributed by atoms with Crippen LogP contribution < -0.4 is 10.6 Å². The summed E-state index contributed by atoms with van der Waals surface area (Å²) in [7, 11) is 0. The normalized spacial score (nSPS) is 18.1. The first-order valence-corrected chi connectivity index (χ1v) is 8.36. The SMILES string of the molecule is CC(C)CC(=O)Nc1ccc(Cl)c(C(=O)N2CCNC(C)C2)c1. The highest BCUT2D eigenvalue weighted by Crippen LogP contribution is 2.23. The fourth-order valence-electron chi connectivity index (χ4n) is 2.64. The van der Waals surface area contributed by atoms with Gasteiger partial charge in [-0.25, -0.2) is 0 Å². The highest BCUT2D eigenvalue weighted by Gasteiger charge is 2.23. The largest absolute Gasteiger partial charge is 0.336 e. The minimum atomic E-state index is -0.0942. The fourth-order valence-corrected chi connectivity index (χ4v) is 2.84. The zero-order chi connectivity index (χ0) is 17.0. The van der Waals surface area contributed by atoms with Crippen molar-refractivity contribution < 1.29 is 9.59 Å². The van der Waals surface area contributed by atoms with Crippen LogP contribution in [0.1, 0.15) is 37.6 Å². The molecule has 5 nitrogen and oxygen atoms in total. The first-order chi connectivity index (χ1) is 10.9. The number of hydrogen-bond donors (Lipinski definition) is 2. The number of halogens is 1. The molecule has 0 saturated carbocycles. The molecule has 1 aromatic rings. The van der Waals surface area contributed by atoms with Gasteiger partial charge in [0.05, 0.1) is 10.6 Å². The summed E-state index contributed by atoms with van der Waals surface area (Å²) in [6.07, 6.45) is 0.446. The molecule has 1 aromatic carbocycles. The van der Waals surface area contributed by atoms with E-state index in [9.17, 15) is 9.59 Å². The van der Waals surface area contributed by atoms with Crippen LogP contribution in [0.2, 0.25) is 5.02 Å². The molecule has 1 aliphatic heterocycles. The molecular weight excluding hydrogens is 314 g/mol. The van der Waals surface area contributed by atoms with Crippen LogP contribution >= 0.6 is 11.6 Å². The first kappa shape index (κ1) is 17.8. The van der Waals surface area contributed by atoms with Gasteiger partial charge >= 0.3 is 0 Å². The van der Waals surface area contributed by atoms with E-state index >= 15 is 0 Å². The second-order valence-corrected chi connectivity index (χ2v) is 6.85. The molecule has 0 spiro atoms. The minimum Gasteiger partial charge on any atom is -0.336 e. The molecule has 1 aliphatic rings. The van der Waals surface area contributed by atoms with Gasteiger partial charge in [0, 0.05) is 37.8 Å². The average molecular weight is 338 g/mol. The van der Waals surface area contributed by atoms with Gasteiger partial charge in [0.2, 0.25) is 5.91 Å². The summed E-state index contributed by atoms with van der Waals surface area (Å²) >= 11 is 6.19. The molecule has 2 N–H and O–H groups in total. The Morgan fingerprint density at radius 2 is 2.17 bits per heavy atom. The topological polar surface area (TPSA) is 61.4 Å². The van der Waals surface area contributed by atoms with E-state index in [2.05, 4.69) is 10.6 Å². The van der Waals surface area contributed by atoms with Crippen molar-refractivity contribution in [1.29, 1.82) is 0 Å². The number of carbonyl (C=O) groups excluding carboxylic acids is 2. The van der Waals surface area contributed by atoms with Crippen molar-refractivity contribution >= 4 is 29.1 Å². The van der Waals surface area contributed by atoms with Crippen molar-refractivity contribution in [2.75, 3.05) is 25.0 Å². The lowest BCUT2D eigenvalue weighted by Gasteiger charge is -2.32. The molecule has 0 aliphatic carbocycles. The Morgan fingerprint density at radius 1 is 1.43 bits per heavy atom. The minimum absolute atomic E-state index is 0.0588. The predicted molar refractivity (Wildman–Crippen MR) is 92.9 cm³/mol. The molecule has 1 atom stereocenters. The van der Waals surface area contributed by atoms with E-state index < -0.39 is 0 Å². The van der Waals surface area contributed by atoms with Crippen molar-refractivity contribution in [1.82, 2.24) is 10.2 Å². The van der Waals surface area contributed by atoms with E-state index in [0.717, 1.165) is 6.54 Å². The predicted octanol–water partition coefficient (Wildman–Crippen LogP) is 2.76. The number of piperazine rings is 1. The molecule has 0 bridgehead atoms. The maximum atomic E-state index is 12.7. The van der Waals surface area contributed by atoms with Crippen LogP contribution in [0.25, 0.3) is 0 Å². The third kappa shape index (κ3) is 4.94. The van der Waals surface area contributed by atoms with Gasteiger partial charge in [-0.15, -0.1) is 0 Å². The van der Waals surface area contributed by atoms with E-state index in [0.29, 0.717) is 35.8 Å². The van der Waals surface area contributed by atoms with Crippen LogP contribution in [-0.4, -0.2) is 42.4 Å². The van der Waals surface area contributed by atoms with Gasteiger partial charge in [0.15, 0.2) is 0 Å². The smallest absolute Gasteiger partial charge is 0.255 e. The zero-order valence-electron chi connectivity index (χ0n) is 13.9. The van der Waals surface area contributed by atoms with Gasteiger partial charge in [-0.3, -0.25) is 9.59 Å². The lowest BCUT2D eigenvalue weighted by molar-refractivity contribution is -0.116. The van der Waals surface area contributed by atoms with Gasteiger partial charge in [-0.2, -0.15) is 0 Å². The van der Waals surface area contributed by atoms with Crippen molar-refractivity contribution in [3.63, 3.8) is 0 Å². The van der Waals surface area contributed by atoms with Gasteiger partial charge in [-0.1, -0.05) is 25.4 Å². The highest BCUT2D eigenvalue weighted by atomic mass is 35.5. The number of benzene rings is 1. The van der Waals surface area contributed by atoms with Crippen LogP contribution in [0.3, 0.4) is 0 Å². The van der Waals surface area contributed by atoms with Crippen LogP contribution in [0.4, 0.5) is 5.69 Å². The van der Waals surface area contributed by atoms with E-state index in [1.807, 2.05) is 20.8 Å². The van der Waals surface area contributed by atoms with Gasteiger partial charge in [0.25, 0.3) is 5.91 Å². The number of hydrogen-bond acceptors (Lipinski definition) is 3. The van der Waals surface area contributed by atoms with Crippen LogP contribution in [-0.2, 0) is 4.79 Å². The molecule has 1 unspecified atom stereocenters. The monoisotopic (exact) mass is 337 g/mol. The zero-order valence-corrected chi connectivity index (χ0v) is 14.6. The number of anilines is 1. The molecular formula is C17H24ClN3O2. The average Bonchev–Trinajstić information content (AvgIpc) is 2.47. The van der Waals surface area contributed by atoms with E-state index in [4.69, 9.17) is 11.6 Å². The molecule has 0 aromatic heterocycles. The van der Waals surface area contributed by atoms with E-state index in [1.54, 1.807) is 23.1 Å². The van der Waals surface area contributed by atoms with Crippen molar-refractivity contribution in [3.05, 3.63) is 28.8 Å². The quantitative estimate of drug-likeness (QED) is 0.888. The Morgan fingerprint density at radius 3 is 2.83 bits per heavy atom. The Hall–Kier alpha value is -1.59. The Bertz CT molecular complexity index is 589. The summed E-state index contributed by atoms with van der Waals surface area (Å²) < 4.78 is 0. The third-order valence-corrected chi connectivity index (χ3v) is 4.06. The summed E-state index contributed by atoms with van der Waals surface area (Å²) in [6.45, 7) is 8.10. The second kappa shape index (κ2) is 7.79. The van der Waals surface area contributed by atoms with Crippen LogP contribution in [0.5, 0.6) is 0 Å². The molecule has 2 amide bonds. The molecule has 126 valence electrons. The van der Waals surface area contributed by atoms with Crippen molar-refractivity contribution in [2.24, 2.45) is 5.92 Å². The summed E-state index contributed by atoms with van der Waals surface area (Å²) in [5.74, 6) is 0.130. The lowest BCUT2D eigenvalue weighted by atomic mass is 10.1. The number of rotatable bonds is 4. The molecule has 6 heteroatoms. The maximum Gasteiger partial charge on any atom is 0.255 e. The number of carbonyl (C=O) groups is 2. The second-order valence-electron chi connectivity index (χ2n) is 6.45. The molecule has 23 heavy (non-hydrogen) atoms. The van der Waals surface area contributed by atoms with Crippen LogP contribution in [0.15, 0.2) is 18.2 Å². The Labute approximate surface area is 142 Å². The van der Waals surface area contributed by atoms with Gasteiger partial charge in [-0.05, 0) is 31.0 Å². The van der Waals surface area contributed by atoms with E-state index in [1.165, 1.54) is 0 Å². The lowest BCUT2D eigenvalue weighted by Crippen LogP contribution is -2.51. The first-order valence-electron chi connectivity index (χ1n) is 7.99. The number of nitrogens with one attached hydrogen (secondary N) is 2. The maximum absolute atomic E-state index is 12.7. The highest BCUT2D eigenvalue weighted by molar-refractivity contribution is 6.34. The molecule has 1 saturated heterocycles. The number of amides is 2. The third-order valence-electron chi connectivity index (χ3n) is 3.73. The standard InChI is InChI=1S/C17H24ClN3O2/c1-11(2)8-16(22)20-13-4-5-15(18)14(9-13)17(23)21-7-6-19-12(3)10-21/h4-5,9,11-12,19H,6-8,10H2,1-3H3,(H,20,22).